The lowest BCUT2D eigenvalue weighted by Crippen LogP contribution is -2.52. The average molecular weight is 406 g/mol. The third kappa shape index (κ3) is 6.26. The molecule has 1 atom stereocenters. The van der Waals surface area contributed by atoms with E-state index in [1.54, 1.807) is 20.8 Å². The van der Waals surface area contributed by atoms with Crippen LogP contribution in [0.15, 0.2) is 18.2 Å². The summed E-state index contributed by atoms with van der Waals surface area (Å²) >= 11 is 0. The van der Waals surface area contributed by atoms with Gasteiger partial charge in [0, 0.05) is 19.0 Å². The number of benzene rings is 1. The highest BCUT2D eigenvalue weighted by Gasteiger charge is 2.30. The van der Waals surface area contributed by atoms with Crippen molar-refractivity contribution in [2.24, 2.45) is 0 Å². The number of carbonyl (C=O) groups excluding carboxylic acids is 4. The van der Waals surface area contributed by atoms with Gasteiger partial charge in [0.1, 0.15) is 17.2 Å². The monoisotopic (exact) mass is 406 g/mol. The second-order valence-corrected chi connectivity index (χ2v) is 7.44. The predicted molar refractivity (Wildman–Crippen MR) is 99.8 cm³/mol. The van der Waals surface area contributed by atoms with Crippen molar-refractivity contribution in [2.45, 2.75) is 51.8 Å². The molecule has 11 nitrogen and oxygen atoms in total. The zero-order chi connectivity index (χ0) is 21.8. The minimum absolute atomic E-state index is 0.0222. The van der Waals surface area contributed by atoms with Crippen LogP contribution in [-0.2, 0) is 20.9 Å². The SMILES string of the molecule is CC(C)(C)OC(=O)NCc1ccc([N+](=O)[O-])c(C(=O)NC2CCC(=O)NC2=O)c1. The van der Waals surface area contributed by atoms with Gasteiger partial charge in [-0.1, -0.05) is 6.07 Å². The highest BCUT2D eigenvalue weighted by Crippen LogP contribution is 2.21. The maximum absolute atomic E-state index is 12.6. The average Bonchev–Trinajstić information content (AvgIpc) is 2.60. The fraction of sp³-hybridized carbons (Fsp3) is 0.444. The number of nitrogens with one attached hydrogen (secondary N) is 3. The molecule has 1 fully saturated rings. The molecule has 29 heavy (non-hydrogen) atoms. The molecule has 2 rings (SSSR count). The number of imide groups is 1. The van der Waals surface area contributed by atoms with Crippen LogP contribution in [0, 0.1) is 10.1 Å². The van der Waals surface area contributed by atoms with Gasteiger partial charge in [0.15, 0.2) is 0 Å². The molecule has 0 aliphatic carbocycles. The van der Waals surface area contributed by atoms with Crippen LogP contribution in [0.25, 0.3) is 0 Å². The zero-order valence-electron chi connectivity index (χ0n) is 16.2. The molecule has 4 amide bonds. The van der Waals surface area contributed by atoms with E-state index in [-0.39, 0.29) is 24.9 Å². The summed E-state index contributed by atoms with van der Waals surface area (Å²) in [5.74, 6) is -1.94. The molecule has 1 heterocycles. The molecule has 1 aliphatic rings. The van der Waals surface area contributed by atoms with Gasteiger partial charge in [-0.3, -0.25) is 29.8 Å². The van der Waals surface area contributed by atoms with E-state index >= 15 is 0 Å². The Morgan fingerprint density at radius 3 is 2.59 bits per heavy atom. The maximum atomic E-state index is 12.6. The van der Waals surface area contributed by atoms with Gasteiger partial charge in [0.2, 0.25) is 11.8 Å². The fourth-order valence-electron chi connectivity index (χ4n) is 2.59. The standard InChI is InChI=1S/C18H22N4O7/c1-18(2,3)29-17(26)19-9-10-4-6-13(22(27)28)11(8-10)15(24)20-12-5-7-14(23)21-16(12)25/h4,6,8,12H,5,7,9H2,1-3H3,(H,19,26)(H,20,24)(H,21,23,25). The first-order chi connectivity index (χ1) is 13.5. The van der Waals surface area contributed by atoms with Gasteiger partial charge in [-0.05, 0) is 38.8 Å². The first-order valence-corrected chi connectivity index (χ1v) is 8.85. The van der Waals surface area contributed by atoms with Crippen molar-refractivity contribution in [2.75, 3.05) is 0 Å². The predicted octanol–water partition coefficient (Wildman–Crippen LogP) is 1.15. The summed E-state index contributed by atoms with van der Waals surface area (Å²) < 4.78 is 5.11. The fourth-order valence-corrected chi connectivity index (χ4v) is 2.59. The Morgan fingerprint density at radius 1 is 1.31 bits per heavy atom. The number of carbonyl (C=O) groups is 4. The Morgan fingerprint density at radius 2 is 2.00 bits per heavy atom. The van der Waals surface area contributed by atoms with Gasteiger partial charge in [-0.15, -0.1) is 0 Å². The molecule has 1 aliphatic heterocycles. The molecule has 0 saturated carbocycles. The van der Waals surface area contributed by atoms with Crippen LogP contribution >= 0.6 is 0 Å². The first-order valence-electron chi connectivity index (χ1n) is 8.85. The van der Waals surface area contributed by atoms with Crippen molar-refractivity contribution in [1.29, 1.82) is 0 Å². The number of ether oxygens (including phenoxy) is 1. The number of alkyl carbamates (subject to hydrolysis) is 1. The molecular formula is C18H22N4O7. The Balaban J connectivity index is 2.14. The topological polar surface area (TPSA) is 157 Å². The lowest BCUT2D eigenvalue weighted by atomic mass is 10.0. The number of rotatable bonds is 5. The van der Waals surface area contributed by atoms with Gasteiger partial charge in [0.05, 0.1) is 4.92 Å². The van der Waals surface area contributed by atoms with Crippen LogP contribution in [0.4, 0.5) is 10.5 Å². The number of piperidine rings is 1. The van der Waals surface area contributed by atoms with Crippen LogP contribution in [0.1, 0.15) is 49.5 Å². The second-order valence-electron chi connectivity index (χ2n) is 7.44. The number of hydrogen-bond donors (Lipinski definition) is 3. The van der Waals surface area contributed by atoms with Gasteiger partial charge >= 0.3 is 6.09 Å². The molecule has 1 unspecified atom stereocenters. The van der Waals surface area contributed by atoms with E-state index in [2.05, 4.69) is 16.0 Å². The summed E-state index contributed by atoms with van der Waals surface area (Å²) in [6.07, 6.45) is -0.520. The molecule has 156 valence electrons. The minimum atomic E-state index is -0.969. The minimum Gasteiger partial charge on any atom is -0.444 e. The second kappa shape index (κ2) is 8.67. The molecule has 0 aromatic heterocycles. The van der Waals surface area contributed by atoms with Crippen LogP contribution in [0.3, 0.4) is 0 Å². The van der Waals surface area contributed by atoms with Crippen molar-refractivity contribution in [3.8, 4) is 0 Å². The molecule has 0 bridgehead atoms. The van der Waals surface area contributed by atoms with E-state index in [4.69, 9.17) is 4.74 Å². The largest absolute Gasteiger partial charge is 0.444 e. The molecule has 1 saturated heterocycles. The molecule has 1 aromatic carbocycles. The van der Waals surface area contributed by atoms with Crippen LogP contribution in [-0.4, -0.2) is 40.4 Å². The molecule has 3 N–H and O–H groups in total. The lowest BCUT2D eigenvalue weighted by Gasteiger charge is -2.22. The highest BCUT2D eigenvalue weighted by molar-refractivity contribution is 6.05. The van der Waals surface area contributed by atoms with Gasteiger partial charge in [-0.25, -0.2) is 4.79 Å². The third-order valence-corrected chi connectivity index (χ3v) is 3.88. The number of nitro benzene ring substituents is 1. The lowest BCUT2D eigenvalue weighted by molar-refractivity contribution is -0.385. The summed E-state index contributed by atoms with van der Waals surface area (Å²) in [5.41, 5.74) is -0.971. The third-order valence-electron chi connectivity index (χ3n) is 3.88. The van der Waals surface area contributed by atoms with Gasteiger partial charge < -0.3 is 15.4 Å². The molecular weight excluding hydrogens is 384 g/mol. The Bertz CT molecular complexity index is 860. The number of hydrogen-bond acceptors (Lipinski definition) is 7. The quantitative estimate of drug-likeness (QED) is 0.376. The summed E-state index contributed by atoms with van der Waals surface area (Å²) in [6, 6.07) is 2.84. The number of nitrogens with zero attached hydrogens (tertiary/aromatic N) is 1. The van der Waals surface area contributed by atoms with E-state index in [1.165, 1.54) is 12.1 Å². The van der Waals surface area contributed by atoms with Crippen LogP contribution < -0.4 is 16.0 Å². The van der Waals surface area contributed by atoms with E-state index in [9.17, 15) is 29.3 Å². The van der Waals surface area contributed by atoms with E-state index in [0.717, 1.165) is 6.07 Å². The smallest absolute Gasteiger partial charge is 0.407 e. The Kier molecular flexibility index (Phi) is 6.52. The number of amides is 4. The molecule has 1 aromatic rings. The van der Waals surface area contributed by atoms with Crippen molar-refractivity contribution < 1.29 is 28.8 Å². The molecule has 0 radical (unpaired) electrons. The van der Waals surface area contributed by atoms with Gasteiger partial charge in [0.25, 0.3) is 11.6 Å². The first kappa shape index (κ1) is 21.8. The Labute approximate surface area is 166 Å². The van der Waals surface area contributed by atoms with E-state index < -0.39 is 46.1 Å². The normalized spacial score (nSPS) is 16.6. The summed E-state index contributed by atoms with van der Waals surface area (Å²) in [4.78, 5) is 57.9. The summed E-state index contributed by atoms with van der Waals surface area (Å²) in [7, 11) is 0. The zero-order valence-corrected chi connectivity index (χ0v) is 16.2. The van der Waals surface area contributed by atoms with Crippen LogP contribution in [0.2, 0.25) is 0 Å². The van der Waals surface area contributed by atoms with Gasteiger partial charge in [-0.2, -0.15) is 0 Å². The molecule has 11 heteroatoms. The van der Waals surface area contributed by atoms with Crippen molar-refractivity contribution in [3.05, 3.63) is 39.4 Å². The maximum Gasteiger partial charge on any atom is 0.407 e. The summed E-state index contributed by atoms with van der Waals surface area (Å²) in [5, 5.41) is 18.3. The van der Waals surface area contributed by atoms with Crippen LogP contribution in [0.5, 0.6) is 0 Å². The highest BCUT2D eigenvalue weighted by atomic mass is 16.6. The Hall–Kier alpha value is -3.50. The number of nitro groups is 1. The van der Waals surface area contributed by atoms with Crippen molar-refractivity contribution >= 4 is 29.5 Å². The molecule has 0 spiro atoms. The van der Waals surface area contributed by atoms with E-state index in [0.29, 0.717) is 5.56 Å². The van der Waals surface area contributed by atoms with E-state index in [1.807, 2.05) is 0 Å². The summed E-state index contributed by atoms with van der Waals surface area (Å²) in [6.45, 7) is 5.09. The van der Waals surface area contributed by atoms with Crippen molar-refractivity contribution in [3.63, 3.8) is 0 Å². The van der Waals surface area contributed by atoms with Crippen molar-refractivity contribution in [1.82, 2.24) is 16.0 Å².